The molecule has 2 rings (SSSR count). The third-order valence-electron chi connectivity index (χ3n) is 4.18. The minimum Gasteiger partial charge on any atom is -0.371 e. The predicted octanol–water partition coefficient (Wildman–Crippen LogP) is 4.04. The van der Waals surface area contributed by atoms with Gasteiger partial charge in [-0.2, -0.15) is 0 Å². The zero-order valence-corrected chi connectivity index (χ0v) is 14.0. The smallest absolute Gasteiger partial charge is 0.0377 e. The molecule has 1 unspecified atom stereocenters. The Morgan fingerprint density at radius 2 is 2.11 bits per heavy atom. The standard InChI is InChI=1S/C16H25BrN2/c1-16(2,3)13-7-8-19(11-13)14-6-5-12(10-18-4)15(17)9-14/h5-6,9,13,18H,7-8,10-11H2,1-4H3. The molecule has 1 fully saturated rings. The Labute approximate surface area is 125 Å². The molecule has 1 saturated heterocycles. The Bertz CT molecular complexity index is 437. The fourth-order valence-electron chi connectivity index (χ4n) is 2.77. The van der Waals surface area contributed by atoms with E-state index in [1.54, 1.807) is 0 Å². The van der Waals surface area contributed by atoms with E-state index in [0.29, 0.717) is 5.41 Å². The van der Waals surface area contributed by atoms with E-state index in [2.05, 4.69) is 65.1 Å². The fraction of sp³-hybridized carbons (Fsp3) is 0.625. The highest BCUT2D eigenvalue weighted by Crippen LogP contribution is 2.36. The second-order valence-corrected chi connectivity index (χ2v) is 7.46. The number of rotatable bonds is 3. The van der Waals surface area contributed by atoms with E-state index >= 15 is 0 Å². The van der Waals surface area contributed by atoms with Crippen molar-refractivity contribution in [3.05, 3.63) is 28.2 Å². The van der Waals surface area contributed by atoms with E-state index < -0.39 is 0 Å². The van der Waals surface area contributed by atoms with Crippen molar-refractivity contribution in [3.8, 4) is 0 Å². The highest BCUT2D eigenvalue weighted by atomic mass is 79.9. The van der Waals surface area contributed by atoms with Crippen molar-refractivity contribution in [2.45, 2.75) is 33.7 Å². The molecule has 0 aromatic heterocycles. The average molecular weight is 325 g/mol. The van der Waals surface area contributed by atoms with Gasteiger partial charge in [0.2, 0.25) is 0 Å². The number of hydrogen-bond acceptors (Lipinski definition) is 2. The molecule has 19 heavy (non-hydrogen) atoms. The van der Waals surface area contributed by atoms with Crippen LogP contribution in [-0.4, -0.2) is 20.1 Å². The van der Waals surface area contributed by atoms with Crippen LogP contribution in [0.25, 0.3) is 0 Å². The number of halogens is 1. The van der Waals surface area contributed by atoms with E-state index in [1.165, 1.54) is 35.2 Å². The lowest BCUT2D eigenvalue weighted by atomic mass is 9.80. The normalized spacial score (nSPS) is 20.1. The summed E-state index contributed by atoms with van der Waals surface area (Å²) in [4.78, 5) is 2.52. The third-order valence-corrected chi connectivity index (χ3v) is 4.92. The minimum absolute atomic E-state index is 0.415. The van der Waals surface area contributed by atoms with Crippen LogP contribution in [0.5, 0.6) is 0 Å². The molecule has 0 aliphatic carbocycles. The van der Waals surface area contributed by atoms with Gasteiger partial charge >= 0.3 is 0 Å². The summed E-state index contributed by atoms with van der Waals surface area (Å²) < 4.78 is 1.21. The van der Waals surface area contributed by atoms with Crippen molar-refractivity contribution in [1.82, 2.24) is 5.32 Å². The van der Waals surface area contributed by atoms with Gasteiger partial charge in [-0.1, -0.05) is 42.8 Å². The molecule has 1 atom stereocenters. The molecule has 0 saturated carbocycles. The Balaban J connectivity index is 2.10. The molecular weight excluding hydrogens is 300 g/mol. The lowest BCUT2D eigenvalue weighted by Crippen LogP contribution is -2.25. The van der Waals surface area contributed by atoms with Crippen LogP contribution >= 0.6 is 15.9 Å². The SMILES string of the molecule is CNCc1ccc(N2CCC(C(C)(C)C)C2)cc1Br. The summed E-state index contributed by atoms with van der Waals surface area (Å²) in [5.74, 6) is 0.795. The fourth-order valence-corrected chi connectivity index (χ4v) is 3.28. The summed E-state index contributed by atoms with van der Waals surface area (Å²) in [6.07, 6.45) is 1.30. The van der Waals surface area contributed by atoms with Gasteiger partial charge in [-0.05, 0) is 42.5 Å². The molecule has 0 bridgehead atoms. The quantitative estimate of drug-likeness (QED) is 0.902. The minimum atomic E-state index is 0.415. The van der Waals surface area contributed by atoms with Crippen molar-refractivity contribution in [3.63, 3.8) is 0 Å². The summed E-state index contributed by atoms with van der Waals surface area (Å²) in [6.45, 7) is 10.3. The maximum Gasteiger partial charge on any atom is 0.0377 e. The molecule has 1 aliphatic rings. The molecule has 1 aliphatic heterocycles. The monoisotopic (exact) mass is 324 g/mol. The zero-order chi connectivity index (χ0) is 14.0. The Hall–Kier alpha value is -0.540. The molecule has 1 aromatic carbocycles. The maximum absolute atomic E-state index is 3.68. The van der Waals surface area contributed by atoms with Crippen LogP contribution in [0.15, 0.2) is 22.7 Å². The van der Waals surface area contributed by atoms with Crippen molar-refractivity contribution in [2.75, 3.05) is 25.0 Å². The van der Waals surface area contributed by atoms with Gasteiger partial charge in [-0.3, -0.25) is 0 Å². The first-order valence-electron chi connectivity index (χ1n) is 7.10. The number of nitrogens with one attached hydrogen (secondary N) is 1. The van der Waals surface area contributed by atoms with Crippen LogP contribution in [0.1, 0.15) is 32.8 Å². The lowest BCUT2D eigenvalue weighted by Gasteiger charge is -2.27. The van der Waals surface area contributed by atoms with Crippen LogP contribution in [-0.2, 0) is 6.54 Å². The van der Waals surface area contributed by atoms with Crippen LogP contribution < -0.4 is 10.2 Å². The highest BCUT2D eigenvalue weighted by molar-refractivity contribution is 9.10. The average Bonchev–Trinajstić information content (AvgIpc) is 2.81. The third kappa shape index (κ3) is 3.51. The van der Waals surface area contributed by atoms with Gasteiger partial charge in [0.25, 0.3) is 0 Å². The second kappa shape index (κ2) is 5.84. The summed E-state index contributed by atoms with van der Waals surface area (Å²) in [7, 11) is 1.98. The molecule has 0 spiro atoms. The van der Waals surface area contributed by atoms with Gasteiger partial charge < -0.3 is 10.2 Å². The van der Waals surface area contributed by atoms with E-state index in [0.717, 1.165) is 12.5 Å². The van der Waals surface area contributed by atoms with Gasteiger partial charge in [0, 0.05) is 29.8 Å². The largest absolute Gasteiger partial charge is 0.371 e. The van der Waals surface area contributed by atoms with Gasteiger partial charge in [0.15, 0.2) is 0 Å². The molecule has 1 aromatic rings. The van der Waals surface area contributed by atoms with E-state index in [9.17, 15) is 0 Å². The number of hydrogen-bond donors (Lipinski definition) is 1. The van der Waals surface area contributed by atoms with Gasteiger partial charge in [-0.25, -0.2) is 0 Å². The maximum atomic E-state index is 3.68. The Kier molecular flexibility index (Phi) is 4.57. The molecule has 2 nitrogen and oxygen atoms in total. The van der Waals surface area contributed by atoms with Crippen molar-refractivity contribution < 1.29 is 0 Å². The van der Waals surface area contributed by atoms with Crippen molar-refractivity contribution in [1.29, 1.82) is 0 Å². The van der Waals surface area contributed by atoms with E-state index in [4.69, 9.17) is 0 Å². The molecule has 0 amide bonds. The first-order chi connectivity index (χ1) is 8.91. The topological polar surface area (TPSA) is 15.3 Å². The molecular formula is C16H25BrN2. The lowest BCUT2D eigenvalue weighted by molar-refractivity contribution is 0.263. The van der Waals surface area contributed by atoms with Gasteiger partial charge in [0.05, 0.1) is 0 Å². The summed E-state index contributed by atoms with van der Waals surface area (Å²) in [6, 6.07) is 6.74. The number of anilines is 1. The first kappa shape index (κ1) is 14.9. The zero-order valence-electron chi connectivity index (χ0n) is 12.5. The van der Waals surface area contributed by atoms with E-state index in [-0.39, 0.29) is 0 Å². The highest BCUT2D eigenvalue weighted by Gasteiger charge is 2.31. The van der Waals surface area contributed by atoms with Crippen LogP contribution in [0.4, 0.5) is 5.69 Å². The molecule has 0 radical (unpaired) electrons. The summed E-state index contributed by atoms with van der Waals surface area (Å²) in [5.41, 5.74) is 3.08. The Morgan fingerprint density at radius 3 is 2.63 bits per heavy atom. The number of nitrogens with zero attached hydrogens (tertiary/aromatic N) is 1. The Morgan fingerprint density at radius 1 is 1.37 bits per heavy atom. The van der Waals surface area contributed by atoms with Gasteiger partial charge in [0.1, 0.15) is 0 Å². The molecule has 1 N–H and O–H groups in total. The van der Waals surface area contributed by atoms with Crippen molar-refractivity contribution >= 4 is 21.6 Å². The van der Waals surface area contributed by atoms with Crippen LogP contribution in [0, 0.1) is 11.3 Å². The van der Waals surface area contributed by atoms with Crippen molar-refractivity contribution in [2.24, 2.45) is 11.3 Å². The van der Waals surface area contributed by atoms with Crippen LogP contribution in [0.2, 0.25) is 0 Å². The van der Waals surface area contributed by atoms with E-state index in [1.807, 2.05) is 7.05 Å². The van der Waals surface area contributed by atoms with Gasteiger partial charge in [-0.15, -0.1) is 0 Å². The second-order valence-electron chi connectivity index (χ2n) is 6.60. The number of benzene rings is 1. The molecule has 1 heterocycles. The summed E-state index contributed by atoms with van der Waals surface area (Å²) >= 11 is 3.68. The molecule has 3 heteroatoms. The van der Waals surface area contributed by atoms with Crippen LogP contribution in [0.3, 0.4) is 0 Å². The predicted molar refractivity (Wildman–Crippen MR) is 86.7 cm³/mol. The first-order valence-corrected chi connectivity index (χ1v) is 7.89. The summed E-state index contributed by atoms with van der Waals surface area (Å²) in [5, 5.41) is 3.20. The molecule has 106 valence electrons.